The maximum atomic E-state index is 12.2. The van der Waals surface area contributed by atoms with E-state index in [9.17, 15) is 4.79 Å². The van der Waals surface area contributed by atoms with Gasteiger partial charge in [0.15, 0.2) is 0 Å². The molecule has 0 aliphatic heterocycles. The molecule has 2 N–H and O–H groups in total. The minimum absolute atomic E-state index is 0.146. The monoisotopic (exact) mass is 306 g/mol. The highest BCUT2D eigenvalue weighted by Crippen LogP contribution is 2.34. The summed E-state index contributed by atoms with van der Waals surface area (Å²) in [6.07, 6.45) is 3.24. The van der Waals surface area contributed by atoms with Gasteiger partial charge >= 0.3 is 0 Å². The number of benzene rings is 1. The number of aromatic amines is 2. The summed E-state index contributed by atoms with van der Waals surface area (Å²) in [6, 6.07) is 7.55. The molecule has 0 aliphatic rings. The summed E-state index contributed by atoms with van der Waals surface area (Å²) in [4.78, 5) is 22.4. The van der Waals surface area contributed by atoms with Gasteiger partial charge in [-0.25, -0.2) is 4.98 Å². The lowest BCUT2D eigenvalue weighted by molar-refractivity contribution is 0.393. The predicted octanol–water partition coefficient (Wildman–Crippen LogP) is 3.19. The van der Waals surface area contributed by atoms with Crippen molar-refractivity contribution in [2.24, 2.45) is 0 Å². The molecule has 0 fully saturated rings. The summed E-state index contributed by atoms with van der Waals surface area (Å²) in [7, 11) is 0. The third-order valence-electron chi connectivity index (χ3n) is 3.95. The van der Waals surface area contributed by atoms with Crippen LogP contribution in [0.5, 0.6) is 0 Å². The predicted molar refractivity (Wildman–Crippen MR) is 87.1 cm³/mol. The zero-order valence-electron chi connectivity index (χ0n) is 12.7. The molecule has 3 heterocycles. The summed E-state index contributed by atoms with van der Waals surface area (Å²) in [5, 5.41) is 4.01. The molecule has 0 radical (unpaired) electrons. The maximum absolute atomic E-state index is 12.2. The van der Waals surface area contributed by atoms with E-state index in [1.807, 2.05) is 26.0 Å². The molecule has 3 aromatic heterocycles. The highest BCUT2D eigenvalue weighted by molar-refractivity contribution is 5.96. The molecule has 0 saturated heterocycles. The molecule has 114 valence electrons. The Bertz CT molecular complexity index is 1050. The highest BCUT2D eigenvalue weighted by atomic mass is 16.5. The van der Waals surface area contributed by atoms with E-state index in [0.29, 0.717) is 5.56 Å². The van der Waals surface area contributed by atoms with Crippen LogP contribution in [-0.4, -0.2) is 20.1 Å². The van der Waals surface area contributed by atoms with Gasteiger partial charge in [-0.1, -0.05) is 5.16 Å². The molecule has 0 saturated carbocycles. The van der Waals surface area contributed by atoms with Crippen molar-refractivity contribution in [1.82, 2.24) is 20.1 Å². The smallest absolute Gasteiger partial charge is 0.255 e. The third kappa shape index (κ3) is 2.07. The Morgan fingerprint density at radius 1 is 1.13 bits per heavy atom. The molecule has 0 spiro atoms. The quantitative estimate of drug-likeness (QED) is 0.595. The number of aromatic nitrogens is 4. The van der Waals surface area contributed by atoms with Gasteiger partial charge in [-0.3, -0.25) is 4.79 Å². The lowest BCUT2D eigenvalue weighted by Gasteiger charge is -2.07. The van der Waals surface area contributed by atoms with Gasteiger partial charge in [0.25, 0.3) is 5.56 Å². The van der Waals surface area contributed by atoms with Crippen molar-refractivity contribution >= 4 is 11.0 Å². The molecular formula is C17H14N4O2. The van der Waals surface area contributed by atoms with Crippen molar-refractivity contribution in [2.45, 2.75) is 13.8 Å². The van der Waals surface area contributed by atoms with Gasteiger partial charge in [0, 0.05) is 22.9 Å². The first-order chi connectivity index (χ1) is 11.1. The fraction of sp³-hybridized carbons (Fsp3) is 0.118. The van der Waals surface area contributed by atoms with E-state index in [1.54, 1.807) is 24.7 Å². The van der Waals surface area contributed by atoms with E-state index in [1.165, 1.54) is 0 Å². The fourth-order valence-electron chi connectivity index (χ4n) is 2.93. The van der Waals surface area contributed by atoms with Crippen LogP contribution in [0.25, 0.3) is 33.3 Å². The number of H-pyrrole nitrogens is 2. The number of aryl methyl sites for hydroxylation is 2. The zero-order valence-corrected chi connectivity index (χ0v) is 12.7. The van der Waals surface area contributed by atoms with Crippen LogP contribution in [-0.2, 0) is 0 Å². The Morgan fingerprint density at radius 3 is 2.74 bits per heavy atom. The standard InChI is InChI=1S/C17H14N4O2/c1-9-15(10(2)23-21-9)11-6-13(12-4-3-5-18-17(12)22)16-14(7-11)19-8-20-16/h3-8H,1-2H3,(H,18,22)(H,19,20). The van der Waals surface area contributed by atoms with Crippen molar-refractivity contribution in [3.8, 4) is 22.3 Å². The summed E-state index contributed by atoms with van der Waals surface area (Å²) < 4.78 is 5.27. The Morgan fingerprint density at radius 2 is 2.00 bits per heavy atom. The second-order valence-corrected chi connectivity index (χ2v) is 5.43. The molecule has 0 amide bonds. The largest absolute Gasteiger partial charge is 0.361 e. The van der Waals surface area contributed by atoms with Crippen molar-refractivity contribution < 1.29 is 4.52 Å². The van der Waals surface area contributed by atoms with Gasteiger partial charge in [0.2, 0.25) is 0 Å². The van der Waals surface area contributed by atoms with Crippen LogP contribution in [0.1, 0.15) is 11.5 Å². The molecule has 4 rings (SSSR count). The van der Waals surface area contributed by atoms with E-state index in [4.69, 9.17) is 4.52 Å². The molecule has 0 bridgehead atoms. The molecule has 1 aromatic carbocycles. The SMILES string of the molecule is Cc1noc(C)c1-c1cc(-c2ccc[nH]c2=O)c2nc[nH]c2c1. The van der Waals surface area contributed by atoms with Gasteiger partial charge in [0.05, 0.1) is 23.1 Å². The second kappa shape index (κ2) is 4.95. The molecule has 0 atom stereocenters. The molecule has 6 heteroatoms. The third-order valence-corrected chi connectivity index (χ3v) is 3.95. The van der Waals surface area contributed by atoms with Crippen LogP contribution in [0.3, 0.4) is 0 Å². The Kier molecular flexibility index (Phi) is 2.90. The average molecular weight is 306 g/mol. The zero-order chi connectivity index (χ0) is 16.0. The van der Waals surface area contributed by atoms with Crippen LogP contribution >= 0.6 is 0 Å². The normalized spacial score (nSPS) is 11.2. The lowest BCUT2D eigenvalue weighted by Crippen LogP contribution is -2.07. The minimum atomic E-state index is -0.146. The number of hydrogen-bond donors (Lipinski definition) is 2. The van der Waals surface area contributed by atoms with Crippen molar-refractivity contribution in [1.29, 1.82) is 0 Å². The molecule has 4 aromatic rings. The van der Waals surface area contributed by atoms with E-state index in [0.717, 1.165) is 39.2 Å². The van der Waals surface area contributed by atoms with Gasteiger partial charge in [-0.2, -0.15) is 0 Å². The number of rotatable bonds is 2. The summed E-state index contributed by atoms with van der Waals surface area (Å²) in [5.74, 6) is 0.745. The summed E-state index contributed by atoms with van der Waals surface area (Å²) in [6.45, 7) is 3.78. The first kappa shape index (κ1) is 13.5. The molecule has 0 aliphatic carbocycles. The molecular weight excluding hydrogens is 292 g/mol. The van der Waals surface area contributed by atoms with Crippen LogP contribution in [0.2, 0.25) is 0 Å². The Hall–Kier alpha value is -3.15. The van der Waals surface area contributed by atoms with Crippen LogP contribution < -0.4 is 5.56 Å². The van der Waals surface area contributed by atoms with Crippen LogP contribution in [0, 0.1) is 13.8 Å². The van der Waals surface area contributed by atoms with Gasteiger partial charge in [0.1, 0.15) is 5.76 Å². The van der Waals surface area contributed by atoms with E-state index >= 15 is 0 Å². The number of imidazole rings is 1. The van der Waals surface area contributed by atoms with Gasteiger partial charge < -0.3 is 14.5 Å². The maximum Gasteiger partial charge on any atom is 0.255 e. The molecule has 23 heavy (non-hydrogen) atoms. The van der Waals surface area contributed by atoms with E-state index < -0.39 is 0 Å². The highest BCUT2D eigenvalue weighted by Gasteiger charge is 2.16. The molecule has 6 nitrogen and oxygen atoms in total. The second-order valence-electron chi connectivity index (χ2n) is 5.43. The van der Waals surface area contributed by atoms with E-state index in [-0.39, 0.29) is 5.56 Å². The molecule has 0 unspecified atom stereocenters. The lowest BCUT2D eigenvalue weighted by atomic mass is 9.97. The van der Waals surface area contributed by atoms with Crippen molar-refractivity contribution in [2.75, 3.05) is 0 Å². The Labute approximate surface area is 131 Å². The number of fused-ring (bicyclic) bond motifs is 1. The number of pyridine rings is 1. The number of nitrogens with zero attached hydrogens (tertiary/aromatic N) is 2. The van der Waals surface area contributed by atoms with Crippen LogP contribution in [0.4, 0.5) is 0 Å². The van der Waals surface area contributed by atoms with Crippen molar-refractivity contribution in [3.63, 3.8) is 0 Å². The topological polar surface area (TPSA) is 87.6 Å². The average Bonchev–Trinajstić information content (AvgIpc) is 3.13. The van der Waals surface area contributed by atoms with Crippen LogP contribution in [0.15, 0.2) is 46.1 Å². The van der Waals surface area contributed by atoms with Gasteiger partial charge in [-0.15, -0.1) is 0 Å². The Balaban J connectivity index is 2.07. The van der Waals surface area contributed by atoms with Gasteiger partial charge in [-0.05, 0) is 43.7 Å². The van der Waals surface area contributed by atoms with E-state index in [2.05, 4.69) is 20.1 Å². The van der Waals surface area contributed by atoms with Crippen molar-refractivity contribution in [3.05, 3.63) is 58.6 Å². The summed E-state index contributed by atoms with van der Waals surface area (Å²) in [5.41, 5.74) is 5.53. The fourth-order valence-corrected chi connectivity index (χ4v) is 2.93. The number of nitrogens with one attached hydrogen (secondary N) is 2. The first-order valence-corrected chi connectivity index (χ1v) is 7.23. The first-order valence-electron chi connectivity index (χ1n) is 7.23. The minimum Gasteiger partial charge on any atom is -0.361 e. The number of hydrogen-bond acceptors (Lipinski definition) is 4. The summed E-state index contributed by atoms with van der Waals surface area (Å²) >= 11 is 0.